The van der Waals surface area contributed by atoms with E-state index in [1.165, 1.54) is 12.1 Å². The van der Waals surface area contributed by atoms with Crippen LogP contribution in [0.3, 0.4) is 0 Å². The Labute approximate surface area is 111 Å². The number of hydrogen-bond donors (Lipinski definition) is 1. The van der Waals surface area contributed by atoms with Crippen LogP contribution in [0, 0.1) is 17.1 Å². The first-order chi connectivity index (χ1) is 9.15. The second kappa shape index (κ2) is 5.70. The Hall–Kier alpha value is -2.09. The van der Waals surface area contributed by atoms with E-state index >= 15 is 0 Å². The standard InChI is InChI=1S/C14H16FN3O/c1-2-18(12-4-5-12)14(19)9-17-13-6-3-11(15)7-10(13)8-16/h3,6-7,12,17H,2,4-5,9H2,1H3. The fourth-order valence-electron chi connectivity index (χ4n) is 2.06. The van der Waals surface area contributed by atoms with Crippen molar-refractivity contribution in [1.29, 1.82) is 5.26 Å². The molecule has 19 heavy (non-hydrogen) atoms. The minimum Gasteiger partial charge on any atom is -0.375 e. The molecule has 1 aromatic rings. The summed E-state index contributed by atoms with van der Waals surface area (Å²) in [6, 6.07) is 6.20. The van der Waals surface area contributed by atoms with Gasteiger partial charge in [0.15, 0.2) is 0 Å². The lowest BCUT2D eigenvalue weighted by Crippen LogP contribution is -2.37. The van der Waals surface area contributed by atoms with Crippen LogP contribution in [-0.2, 0) is 4.79 Å². The lowest BCUT2D eigenvalue weighted by molar-refractivity contribution is -0.129. The number of nitrogens with one attached hydrogen (secondary N) is 1. The Balaban J connectivity index is 1.98. The summed E-state index contributed by atoms with van der Waals surface area (Å²) in [7, 11) is 0. The van der Waals surface area contributed by atoms with Crippen molar-refractivity contribution in [3.8, 4) is 6.07 Å². The van der Waals surface area contributed by atoms with E-state index in [-0.39, 0.29) is 18.0 Å². The van der Waals surface area contributed by atoms with E-state index in [9.17, 15) is 9.18 Å². The summed E-state index contributed by atoms with van der Waals surface area (Å²) in [4.78, 5) is 13.8. The molecule has 0 saturated heterocycles. The van der Waals surface area contributed by atoms with Crippen LogP contribution in [-0.4, -0.2) is 29.9 Å². The maximum absolute atomic E-state index is 13.0. The zero-order valence-electron chi connectivity index (χ0n) is 10.8. The van der Waals surface area contributed by atoms with Gasteiger partial charge in [-0.15, -0.1) is 0 Å². The first kappa shape index (κ1) is 13.3. The molecule has 4 nitrogen and oxygen atoms in total. The van der Waals surface area contributed by atoms with Crippen LogP contribution in [0.5, 0.6) is 0 Å². The zero-order chi connectivity index (χ0) is 13.8. The van der Waals surface area contributed by atoms with Crippen LogP contribution in [0.2, 0.25) is 0 Å². The van der Waals surface area contributed by atoms with Crippen LogP contribution >= 0.6 is 0 Å². The van der Waals surface area contributed by atoms with E-state index in [0.717, 1.165) is 18.9 Å². The van der Waals surface area contributed by atoms with Crippen molar-refractivity contribution in [2.24, 2.45) is 0 Å². The van der Waals surface area contributed by atoms with E-state index in [1.807, 2.05) is 17.9 Å². The SMILES string of the molecule is CCN(C(=O)CNc1ccc(F)cc1C#N)C1CC1. The van der Waals surface area contributed by atoms with Crippen LogP contribution in [0.25, 0.3) is 0 Å². The summed E-state index contributed by atoms with van der Waals surface area (Å²) >= 11 is 0. The predicted molar refractivity (Wildman–Crippen MR) is 70.0 cm³/mol. The van der Waals surface area contributed by atoms with E-state index in [0.29, 0.717) is 18.3 Å². The molecular weight excluding hydrogens is 245 g/mol. The van der Waals surface area contributed by atoms with Crippen molar-refractivity contribution in [2.45, 2.75) is 25.8 Å². The topological polar surface area (TPSA) is 56.1 Å². The second-order valence-electron chi connectivity index (χ2n) is 4.57. The maximum Gasteiger partial charge on any atom is 0.242 e. The molecule has 0 aliphatic heterocycles. The van der Waals surface area contributed by atoms with Gasteiger partial charge in [-0.05, 0) is 38.0 Å². The molecule has 1 aliphatic carbocycles. The molecule has 0 aromatic heterocycles. The first-order valence-corrected chi connectivity index (χ1v) is 6.38. The highest BCUT2D eigenvalue weighted by molar-refractivity contribution is 5.82. The number of anilines is 1. The molecule has 1 amide bonds. The van der Waals surface area contributed by atoms with Gasteiger partial charge in [-0.1, -0.05) is 0 Å². The molecule has 5 heteroatoms. The number of rotatable bonds is 5. The molecule has 1 fully saturated rings. The Bertz CT molecular complexity index is 520. The summed E-state index contributed by atoms with van der Waals surface area (Å²) in [5.74, 6) is -0.445. The highest BCUT2D eigenvalue weighted by atomic mass is 19.1. The molecule has 0 unspecified atom stereocenters. The molecule has 1 saturated carbocycles. The molecule has 0 spiro atoms. The third kappa shape index (κ3) is 3.22. The lowest BCUT2D eigenvalue weighted by Gasteiger charge is -2.21. The predicted octanol–water partition coefficient (Wildman–Crippen LogP) is 2.12. The van der Waals surface area contributed by atoms with Gasteiger partial charge < -0.3 is 10.2 Å². The van der Waals surface area contributed by atoms with Crippen molar-refractivity contribution in [2.75, 3.05) is 18.4 Å². The van der Waals surface area contributed by atoms with Gasteiger partial charge in [-0.3, -0.25) is 4.79 Å². The maximum atomic E-state index is 13.0. The van der Waals surface area contributed by atoms with E-state index < -0.39 is 5.82 Å². The number of amides is 1. The number of nitriles is 1. The third-order valence-corrected chi connectivity index (χ3v) is 3.18. The highest BCUT2D eigenvalue weighted by Gasteiger charge is 2.30. The van der Waals surface area contributed by atoms with E-state index in [4.69, 9.17) is 5.26 Å². The quantitative estimate of drug-likeness (QED) is 0.883. The first-order valence-electron chi connectivity index (χ1n) is 6.38. The summed E-state index contributed by atoms with van der Waals surface area (Å²) in [5.41, 5.74) is 0.700. The van der Waals surface area contributed by atoms with Gasteiger partial charge in [0.05, 0.1) is 17.8 Å². The Morgan fingerprint density at radius 1 is 1.58 bits per heavy atom. The van der Waals surface area contributed by atoms with Crippen molar-refractivity contribution >= 4 is 11.6 Å². The summed E-state index contributed by atoms with van der Waals surface area (Å²) in [5, 5.41) is 11.8. The minimum absolute atomic E-state index is 0.0122. The highest BCUT2D eigenvalue weighted by Crippen LogP contribution is 2.26. The Kier molecular flexibility index (Phi) is 4.00. The van der Waals surface area contributed by atoms with Crippen molar-refractivity contribution in [3.63, 3.8) is 0 Å². The molecule has 1 N–H and O–H groups in total. The summed E-state index contributed by atoms with van der Waals surface area (Å²) < 4.78 is 13.0. The molecule has 0 atom stereocenters. The number of nitrogens with zero attached hydrogens (tertiary/aromatic N) is 2. The number of carbonyl (C=O) groups excluding carboxylic acids is 1. The Morgan fingerprint density at radius 2 is 2.32 bits per heavy atom. The fourth-order valence-corrected chi connectivity index (χ4v) is 2.06. The smallest absolute Gasteiger partial charge is 0.242 e. The fraction of sp³-hybridized carbons (Fsp3) is 0.429. The van der Waals surface area contributed by atoms with E-state index in [1.54, 1.807) is 0 Å². The van der Waals surface area contributed by atoms with Crippen molar-refractivity contribution < 1.29 is 9.18 Å². The minimum atomic E-state index is -0.457. The normalized spacial score (nSPS) is 13.7. The van der Waals surface area contributed by atoms with Crippen molar-refractivity contribution in [3.05, 3.63) is 29.6 Å². The molecule has 100 valence electrons. The molecule has 0 radical (unpaired) electrons. The van der Waals surface area contributed by atoms with Gasteiger partial charge in [0.25, 0.3) is 0 Å². The van der Waals surface area contributed by atoms with Crippen LogP contribution in [0.1, 0.15) is 25.3 Å². The molecule has 1 aromatic carbocycles. The monoisotopic (exact) mass is 261 g/mol. The largest absolute Gasteiger partial charge is 0.375 e. The van der Waals surface area contributed by atoms with E-state index in [2.05, 4.69) is 5.32 Å². The number of hydrogen-bond acceptors (Lipinski definition) is 3. The molecule has 2 rings (SSSR count). The molecule has 0 heterocycles. The number of benzene rings is 1. The average molecular weight is 261 g/mol. The van der Waals surface area contributed by atoms with Gasteiger partial charge >= 0.3 is 0 Å². The van der Waals surface area contributed by atoms with Crippen LogP contribution in [0.4, 0.5) is 10.1 Å². The summed E-state index contributed by atoms with van der Waals surface area (Å²) in [6.07, 6.45) is 2.14. The number of halogens is 1. The van der Waals surface area contributed by atoms with Crippen molar-refractivity contribution in [1.82, 2.24) is 4.90 Å². The van der Waals surface area contributed by atoms with Gasteiger partial charge in [-0.25, -0.2) is 4.39 Å². The zero-order valence-corrected chi connectivity index (χ0v) is 10.8. The molecular formula is C14H16FN3O. The second-order valence-corrected chi connectivity index (χ2v) is 4.57. The molecule has 1 aliphatic rings. The van der Waals surface area contributed by atoms with Gasteiger partial charge in [-0.2, -0.15) is 5.26 Å². The lowest BCUT2D eigenvalue weighted by atomic mass is 10.2. The van der Waals surface area contributed by atoms with Gasteiger partial charge in [0.2, 0.25) is 5.91 Å². The number of carbonyl (C=O) groups is 1. The van der Waals surface area contributed by atoms with Gasteiger partial charge in [0, 0.05) is 12.6 Å². The molecule has 0 bridgehead atoms. The van der Waals surface area contributed by atoms with Crippen LogP contribution in [0.15, 0.2) is 18.2 Å². The Morgan fingerprint density at radius 3 is 2.89 bits per heavy atom. The third-order valence-electron chi connectivity index (χ3n) is 3.18. The average Bonchev–Trinajstić information content (AvgIpc) is 3.22. The van der Waals surface area contributed by atoms with Gasteiger partial charge in [0.1, 0.15) is 11.9 Å². The summed E-state index contributed by atoms with van der Waals surface area (Å²) in [6.45, 7) is 2.78. The van der Waals surface area contributed by atoms with Crippen LogP contribution < -0.4 is 5.32 Å². The number of likely N-dealkylation sites (N-methyl/N-ethyl adjacent to an activating group) is 1.